The molecule has 3 nitrogen and oxygen atoms in total. The van der Waals surface area contributed by atoms with Crippen molar-refractivity contribution in [3.05, 3.63) is 29.8 Å². The summed E-state index contributed by atoms with van der Waals surface area (Å²) in [5.41, 5.74) is 6.94. The summed E-state index contributed by atoms with van der Waals surface area (Å²) in [4.78, 5) is 0. The maximum Gasteiger partial charge on any atom is 0.119 e. The third kappa shape index (κ3) is 3.47. The summed E-state index contributed by atoms with van der Waals surface area (Å²) in [6.07, 6.45) is 2.39. The van der Waals surface area contributed by atoms with Gasteiger partial charge < -0.3 is 15.2 Å². The number of nitrogens with two attached hydrogens (primary N) is 1. The smallest absolute Gasteiger partial charge is 0.119 e. The Labute approximate surface area is 109 Å². The van der Waals surface area contributed by atoms with E-state index in [9.17, 15) is 0 Å². The zero-order chi connectivity index (χ0) is 13.2. The zero-order valence-corrected chi connectivity index (χ0v) is 11.5. The average Bonchev–Trinajstić information content (AvgIpc) is 2.67. The fourth-order valence-corrected chi connectivity index (χ4v) is 2.25. The molecule has 1 heterocycles. The van der Waals surface area contributed by atoms with Crippen molar-refractivity contribution in [3.8, 4) is 5.75 Å². The minimum atomic E-state index is 0.00681. The standard InChI is InChI=1S/C15H23NO2/c1-11(16)12-4-6-13(7-5-12)17-10-14-8-9-15(2,3)18-14/h4-7,11,14H,8-10,16H2,1-3H3. The molecule has 0 saturated carbocycles. The maximum atomic E-state index is 5.89. The van der Waals surface area contributed by atoms with E-state index in [1.807, 2.05) is 31.2 Å². The summed E-state index contributed by atoms with van der Waals surface area (Å²) in [7, 11) is 0. The Morgan fingerprint density at radius 3 is 2.56 bits per heavy atom. The number of rotatable bonds is 4. The second-order valence-electron chi connectivity index (χ2n) is 5.71. The van der Waals surface area contributed by atoms with E-state index in [2.05, 4.69) is 13.8 Å². The highest BCUT2D eigenvalue weighted by molar-refractivity contribution is 5.28. The molecule has 1 aliphatic rings. The molecule has 1 aromatic carbocycles. The van der Waals surface area contributed by atoms with E-state index in [4.69, 9.17) is 15.2 Å². The van der Waals surface area contributed by atoms with Gasteiger partial charge in [-0.05, 0) is 51.3 Å². The molecule has 1 aromatic rings. The van der Waals surface area contributed by atoms with Crippen LogP contribution in [-0.4, -0.2) is 18.3 Å². The lowest BCUT2D eigenvalue weighted by Crippen LogP contribution is -2.23. The van der Waals surface area contributed by atoms with E-state index in [0.717, 1.165) is 24.2 Å². The van der Waals surface area contributed by atoms with Gasteiger partial charge in [0.2, 0.25) is 0 Å². The largest absolute Gasteiger partial charge is 0.491 e. The molecule has 0 bridgehead atoms. The molecular weight excluding hydrogens is 226 g/mol. The Kier molecular flexibility index (Phi) is 3.93. The molecular formula is C15H23NO2. The van der Waals surface area contributed by atoms with Gasteiger partial charge in [0.1, 0.15) is 12.4 Å². The molecule has 3 heteroatoms. The van der Waals surface area contributed by atoms with Crippen LogP contribution in [0.4, 0.5) is 0 Å². The summed E-state index contributed by atoms with van der Waals surface area (Å²) in [6.45, 7) is 6.86. The lowest BCUT2D eigenvalue weighted by molar-refractivity contribution is -0.0326. The SMILES string of the molecule is CC(N)c1ccc(OCC2CCC(C)(C)O2)cc1. The topological polar surface area (TPSA) is 44.5 Å². The van der Waals surface area contributed by atoms with Gasteiger partial charge in [0, 0.05) is 6.04 Å². The minimum absolute atomic E-state index is 0.00681. The molecule has 1 aliphatic heterocycles. The van der Waals surface area contributed by atoms with E-state index in [1.54, 1.807) is 0 Å². The van der Waals surface area contributed by atoms with Gasteiger partial charge in [0.25, 0.3) is 0 Å². The van der Waals surface area contributed by atoms with Crippen LogP contribution >= 0.6 is 0 Å². The zero-order valence-electron chi connectivity index (χ0n) is 11.5. The predicted octanol–water partition coefficient (Wildman–Crippen LogP) is 3.04. The molecule has 1 saturated heterocycles. The first-order valence-corrected chi connectivity index (χ1v) is 6.62. The van der Waals surface area contributed by atoms with Crippen LogP contribution in [0.2, 0.25) is 0 Å². The monoisotopic (exact) mass is 249 g/mol. The van der Waals surface area contributed by atoms with Gasteiger partial charge in [-0.1, -0.05) is 12.1 Å². The highest BCUT2D eigenvalue weighted by Crippen LogP contribution is 2.29. The predicted molar refractivity (Wildman–Crippen MR) is 72.7 cm³/mol. The Morgan fingerprint density at radius 2 is 2.06 bits per heavy atom. The second kappa shape index (κ2) is 5.29. The Morgan fingerprint density at radius 1 is 1.39 bits per heavy atom. The molecule has 2 unspecified atom stereocenters. The number of hydrogen-bond acceptors (Lipinski definition) is 3. The quantitative estimate of drug-likeness (QED) is 0.892. The Balaban J connectivity index is 1.84. The van der Waals surface area contributed by atoms with Gasteiger partial charge in [-0.3, -0.25) is 0 Å². The van der Waals surface area contributed by atoms with E-state index < -0.39 is 0 Å². The van der Waals surface area contributed by atoms with Crippen LogP contribution in [0.3, 0.4) is 0 Å². The van der Waals surface area contributed by atoms with Crippen LogP contribution < -0.4 is 10.5 Å². The molecule has 0 amide bonds. The van der Waals surface area contributed by atoms with Crippen molar-refractivity contribution < 1.29 is 9.47 Å². The molecule has 2 atom stereocenters. The maximum absolute atomic E-state index is 5.89. The van der Waals surface area contributed by atoms with Gasteiger partial charge in [-0.2, -0.15) is 0 Å². The van der Waals surface area contributed by atoms with Crippen LogP contribution in [0.5, 0.6) is 5.75 Å². The molecule has 0 aromatic heterocycles. The Bertz CT molecular complexity index is 384. The lowest BCUT2D eigenvalue weighted by Gasteiger charge is -2.19. The summed E-state index contributed by atoms with van der Waals surface area (Å²) < 4.78 is 11.6. The van der Waals surface area contributed by atoms with Crippen molar-refractivity contribution in [3.63, 3.8) is 0 Å². The van der Waals surface area contributed by atoms with E-state index >= 15 is 0 Å². The third-order valence-electron chi connectivity index (χ3n) is 3.40. The molecule has 0 spiro atoms. The highest BCUT2D eigenvalue weighted by Gasteiger charge is 2.31. The van der Waals surface area contributed by atoms with Gasteiger partial charge in [0.05, 0.1) is 11.7 Å². The first-order chi connectivity index (χ1) is 8.46. The van der Waals surface area contributed by atoms with Gasteiger partial charge in [-0.25, -0.2) is 0 Å². The lowest BCUT2D eigenvalue weighted by atomic mass is 10.1. The fourth-order valence-electron chi connectivity index (χ4n) is 2.25. The van der Waals surface area contributed by atoms with Gasteiger partial charge in [0.15, 0.2) is 0 Å². The van der Waals surface area contributed by atoms with Crippen molar-refractivity contribution in [2.45, 2.75) is 51.4 Å². The summed E-state index contributed by atoms with van der Waals surface area (Å²) in [5, 5.41) is 0. The van der Waals surface area contributed by atoms with Crippen molar-refractivity contribution >= 4 is 0 Å². The molecule has 0 radical (unpaired) electrons. The first-order valence-electron chi connectivity index (χ1n) is 6.62. The van der Waals surface area contributed by atoms with Crippen LogP contribution in [0.1, 0.15) is 45.2 Å². The van der Waals surface area contributed by atoms with Crippen molar-refractivity contribution in [2.24, 2.45) is 5.73 Å². The molecule has 1 fully saturated rings. The first kappa shape index (κ1) is 13.4. The van der Waals surface area contributed by atoms with E-state index in [1.165, 1.54) is 0 Å². The molecule has 18 heavy (non-hydrogen) atoms. The highest BCUT2D eigenvalue weighted by atomic mass is 16.6. The number of hydrogen-bond donors (Lipinski definition) is 1. The average molecular weight is 249 g/mol. The van der Waals surface area contributed by atoms with Crippen LogP contribution in [0, 0.1) is 0 Å². The molecule has 0 aliphatic carbocycles. The molecule has 2 rings (SSSR count). The van der Waals surface area contributed by atoms with Crippen LogP contribution in [-0.2, 0) is 4.74 Å². The van der Waals surface area contributed by atoms with E-state index in [0.29, 0.717) is 6.61 Å². The number of ether oxygens (including phenoxy) is 2. The fraction of sp³-hybridized carbons (Fsp3) is 0.600. The van der Waals surface area contributed by atoms with Gasteiger partial charge >= 0.3 is 0 Å². The van der Waals surface area contributed by atoms with Gasteiger partial charge in [-0.15, -0.1) is 0 Å². The van der Waals surface area contributed by atoms with Crippen LogP contribution in [0.25, 0.3) is 0 Å². The normalized spacial score (nSPS) is 23.9. The van der Waals surface area contributed by atoms with E-state index in [-0.39, 0.29) is 17.7 Å². The number of benzene rings is 1. The van der Waals surface area contributed by atoms with Crippen LogP contribution in [0.15, 0.2) is 24.3 Å². The summed E-state index contributed by atoms with van der Waals surface area (Å²) in [6, 6.07) is 8.04. The molecule has 100 valence electrons. The summed E-state index contributed by atoms with van der Waals surface area (Å²) >= 11 is 0. The second-order valence-corrected chi connectivity index (χ2v) is 5.71. The Hall–Kier alpha value is -1.06. The van der Waals surface area contributed by atoms with Crippen molar-refractivity contribution in [1.82, 2.24) is 0 Å². The third-order valence-corrected chi connectivity index (χ3v) is 3.40. The summed E-state index contributed by atoms with van der Waals surface area (Å²) in [5.74, 6) is 0.882. The van der Waals surface area contributed by atoms with Crippen molar-refractivity contribution in [2.75, 3.05) is 6.61 Å². The molecule has 2 N–H and O–H groups in total. The van der Waals surface area contributed by atoms with Crippen molar-refractivity contribution in [1.29, 1.82) is 0 Å². The minimum Gasteiger partial charge on any atom is -0.491 e.